The van der Waals surface area contributed by atoms with Crippen LogP contribution in [-0.2, 0) is 20.7 Å². The molecule has 0 bridgehead atoms. The van der Waals surface area contributed by atoms with Crippen molar-refractivity contribution in [1.29, 1.82) is 0 Å². The van der Waals surface area contributed by atoms with Crippen LogP contribution in [0.5, 0.6) is 11.6 Å². The molecule has 0 spiro atoms. The highest BCUT2D eigenvalue weighted by Crippen LogP contribution is 2.47. The first-order chi connectivity index (χ1) is 20.5. The number of ether oxygens (including phenoxy) is 1. The molecule has 12 heteroatoms. The van der Waals surface area contributed by atoms with Crippen molar-refractivity contribution in [3.05, 3.63) is 113 Å². The van der Waals surface area contributed by atoms with E-state index in [1.165, 1.54) is 25.1 Å². The number of halogens is 2. The molecule has 1 N–H and O–H groups in total. The molecular weight excluding hydrogens is 577 g/mol. The monoisotopic (exact) mass is 610 g/mol. The quantitative estimate of drug-likeness (QED) is 0.141. The van der Waals surface area contributed by atoms with E-state index in [-0.39, 0.29) is 41.0 Å². The largest absolute Gasteiger partial charge is 0.514 e. The van der Waals surface area contributed by atoms with Gasteiger partial charge in [0.2, 0.25) is 11.8 Å². The lowest BCUT2D eigenvalue weighted by Crippen LogP contribution is -2.36. The summed E-state index contributed by atoms with van der Waals surface area (Å²) in [4.78, 5) is 23.4. The van der Waals surface area contributed by atoms with E-state index in [0.717, 1.165) is 5.56 Å². The molecule has 0 fully saturated rings. The number of benzene rings is 3. The number of esters is 1. The number of rotatable bonds is 12. The number of hydrogen-bond donors (Lipinski definition) is 1. The van der Waals surface area contributed by atoms with E-state index >= 15 is 0 Å². The fourth-order valence-corrected chi connectivity index (χ4v) is 5.75. The molecule has 0 radical (unpaired) electrons. The van der Waals surface area contributed by atoms with Crippen LogP contribution in [0.25, 0.3) is 0 Å². The second-order valence-corrected chi connectivity index (χ2v) is 11.6. The Bertz CT molecular complexity index is 1590. The maximum Gasteiger partial charge on any atom is 0.514 e. The van der Waals surface area contributed by atoms with Crippen LogP contribution in [0.15, 0.2) is 78.9 Å². The molecule has 4 rings (SSSR count). The molecule has 0 aliphatic carbocycles. The first kappa shape index (κ1) is 31.6. The SMILES string of the molecule is Cc1c(OP(=O)(N[C@@H](C)C(=O)OCc2ccccc2)Oc2ccccc2)nc(N(C)C)nc1C(C)c1c(F)cccc1F. The van der Waals surface area contributed by atoms with Gasteiger partial charge >= 0.3 is 13.7 Å². The summed E-state index contributed by atoms with van der Waals surface area (Å²) in [6, 6.07) is 19.9. The minimum Gasteiger partial charge on any atom is -0.460 e. The molecule has 3 atom stereocenters. The van der Waals surface area contributed by atoms with Crippen molar-refractivity contribution >= 4 is 19.7 Å². The number of carbonyl (C=O) groups is 1. The highest BCUT2D eigenvalue weighted by molar-refractivity contribution is 7.52. The van der Waals surface area contributed by atoms with Crippen molar-refractivity contribution in [2.24, 2.45) is 0 Å². The molecule has 1 heterocycles. The zero-order chi connectivity index (χ0) is 31.1. The average molecular weight is 611 g/mol. The van der Waals surface area contributed by atoms with Crippen LogP contribution in [0.1, 0.15) is 42.1 Å². The summed E-state index contributed by atoms with van der Waals surface area (Å²) < 4.78 is 60.9. The fourth-order valence-electron chi connectivity index (χ4n) is 4.22. The molecule has 1 aromatic heterocycles. The van der Waals surface area contributed by atoms with Gasteiger partial charge in [-0.25, -0.2) is 18.3 Å². The minimum absolute atomic E-state index is 0.0153. The molecular formula is C31H33F2N4O5P. The Morgan fingerprint density at radius 1 is 0.907 bits per heavy atom. The van der Waals surface area contributed by atoms with E-state index in [0.29, 0.717) is 0 Å². The Morgan fingerprint density at radius 3 is 2.12 bits per heavy atom. The lowest BCUT2D eigenvalue weighted by atomic mass is 9.94. The van der Waals surface area contributed by atoms with E-state index < -0.39 is 37.3 Å². The lowest BCUT2D eigenvalue weighted by Gasteiger charge is -2.25. The molecule has 0 saturated carbocycles. The number of para-hydroxylation sites is 1. The predicted molar refractivity (Wildman–Crippen MR) is 159 cm³/mol. The maximum atomic E-state index is 14.7. The van der Waals surface area contributed by atoms with Crippen LogP contribution < -0.4 is 19.0 Å². The molecule has 0 saturated heterocycles. The van der Waals surface area contributed by atoms with E-state index in [1.54, 1.807) is 63.2 Å². The first-order valence-corrected chi connectivity index (χ1v) is 15.0. The van der Waals surface area contributed by atoms with Crippen molar-refractivity contribution in [2.45, 2.75) is 39.3 Å². The summed E-state index contributed by atoms with van der Waals surface area (Å²) in [5, 5.41) is 2.64. The third kappa shape index (κ3) is 7.94. The average Bonchev–Trinajstić information content (AvgIpc) is 2.97. The summed E-state index contributed by atoms with van der Waals surface area (Å²) in [7, 11) is -1.04. The topological polar surface area (TPSA) is 103 Å². The van der Waals surface area contributed by atoms with Gasteiger partial charge in [-0.05, 0) is 43.7 Å². The Hall–Kier alpha value is -4.34. The predicted octanol–water partition coefficient (Wildman–Crippen LogP) is 6.57. The van der Waals surface area contributed by atoms with Gasteiger partial charge in [0.05, 0.1) is 5.69 Å². The van der Waals surface area contributed by atoms with E-state index in [1.807, 2.05) is 30.3 Å². The third-order valence-electron chi connectivity index (χ3n) is 6.47. The molecule has 0 aliphatic rings. The van der Waals surface area contributed by atoms with Gasteiger partial charge in [-0.1, -0.05) is 61.5 Å². The minimum atomic E-state index is -4.39. The van der Waals surface area contributed by atoms with Crippen molar-refractivity contribution in [3.8, 4) is 11.6 Å². The van der Waals surface area contributed by atoms with E-state index in [9.17, 15) is 18.1 Å². The van der Waals surface area contributed by atoms with Crippen LogP contribution in [0.4, 0.5) is 14.7 Å². The van der Waals surface area contributed by atoms with Gasteiger partial charge in [0, 0.05) is 31.1 Å². The molecule has 2 unspecified atom stereocenters. The van der Waals surface area contributed by atoms with Crippen LogP contribution >= 0.6 is 7.75 Å². The molecule has 0 amide bonds. The second kappa shape index (κ2) is 13.8. The van der Waals surface area contributed by atoms with Crippen molar-refractivity contribution < 1.29 is 31.9 Å². The number of aromatic nitrogens is 2. The summed E-state index contributed by atoms with van der Waals surface area (Å²) in [5.41, 5.74) is 1.12. The maximum absolute atomic E-state index is 14.7. The van der Waals surface area contributed by atoms with Crippen LogP contribution in [0.3, 0.4) is 0 Å². The highest BCUT2D eigenvalue weighted by Gasteiger charge is 2.36. The highest BCUT2D eigenvalue weighted by atomic mass is 31.2. The number of hydrogen-bond acceptors (Lipinski definition) is 8. The van der Waals surface area contributed by atoms with Gasteiger partial charge in [-0.15, -0.1) is 0 Å². The number of anilines is 1. The van der Waals surface area contributed by atoms with Crippen LogP contribution in [0.2, 0.25) is 0 Å². The smallest absolute Gasteiger partial charge is 0.460 e. The number of carbonyl (C=O) groups excluding carboxylic acids is 1. The molecule has 9 nitrogen and oxygen atoms in total. The molecule has 0 aliphatic heterocycles. The van der Waals surface area contributed by atoms with Crippen molar-refractivity contribution in [2.75, 3.05) is 19.0 Å². The fraction of sp³-hybridized carbons (Fsp3) is 0.258. The Morgan fingerprint density at radius 2 is 1.51 bits per heavy atom. The zero-order valence-electron chi connectivity index (χ0n) is 24.5. The molecule has 4 aromatic rings. The summed E-state index contributed by atoms with van der Waals surface area (Å²) >= 11 is 0. The lowest BCUT2D eigenvalue weighted by molar-refractivity contribution is -0.146. The van der Waals surface area contributed by atoms with Gasteiger partial charge in [-0.3, -0.25) is 4.79 Å². The third-order valence-corrected chi connectivity index (χ3v) is 8.04. The molecule has 43 heavy (non-hydrogen) atoms. The van der Waals surface area contributed by atoms with Gasteiger partial charge < -0.3 is 18.7 Å². The molecule has 3 aromatic carbocycles. The standard InChI is InChI=1S/C31H33F2N4O5P/c1-20(27-25(32)17-12-18-26(27)33)28-21(2)29(35-31(34-28)37(4)5)42-43(39,41-24-15-10-7-11-16-24)36-22(3)30(38)40-19-23-13-8-6-9-14-23/h6-18,20,22H,19H2,1-5H3,(H,36,39)/t20?,22-,43?/m0/s1. The summed E-state index contributed by atoms with van der Waals surface area (Å²) in [6.45, 7) is 4.67. The number of nitrogens with zero attached hydrogens (tertiary/aromatic N) is 3. The van der Waals surface area contributed by atoms with Gasteiger partial charge in [0.25, 0.3) is 0 Å². The summed E-state index contributed by atoms with van der Waals surface area (Å²) in [5.74, 6) is -2.84. The van der Waals surface area contributed by atoms with E-state index in [4.69, 9.17) is 13.8 Å². The van der Waals surface area contributed by atoms with E-state index in [2.05, 4.69) is 15.1 Å². The van der Waals surface area contributed by atoms with Gasteiger partial charge in [0.15, 0.2) is 0 Å². The van der Waals surface area contributed by atoms with Crippen LogP contribution in [-0.4, -0.2) is 36.1 Å². The number of nitrogens with one attached hydrogen (secondary N) is 1. The Kier molecular flexibility index (Phi) is 10.1. The Balaban J connectivity index is 1.68. The zero-order valence-corrected chi connectivity index (χ0v) is 25.3. The Labute approximate surface area is 249 Å². The normalized spacial score (nSPS) is 13.8. The summed E-state index contributed by atoms with van der Waals surface area (Å²) in [6.07, 6.45) is 0. The van der Waals surface area contributed by atoms with Crippen molar-refractivity contribution in [1.82, 2.24) is 15.1 Å². The second-order valence-electron chi connectivity index (χ2n) is 10.0. The van der Waals surface area contributed by atoms with Crippen LogP contribution in [0, 0.1) is 18.6 Å². The first-order valence-electron chi connectivity index (χ1n) is 13.5. The van der Waals surface area contributed by atoms with Crippen molar-refractivity contribution in [3.63, 3.8) is 0 Å². The van der Waals surface area contributed by atoms with Gasteiger partial charge in [0.1, 0.15) is 30.0 Å². The molecule has 226 valence electrons. The van der Waals surface area contributed by atoms with Gasteiger partial charge in [-0.2, -0.15) is 10.1 Å².